The molecule has 1 heterocycles. The standard InChI is InChI=1S/C15H21NO4/c1-9-11-8-13(18)12(17)7-10(11)5-6-16(9)14(19)20-15(2,3)4/h7-9,17-18H,5-6H2,1-4H3. The number of carbonyl (C=O) groups excluding carboxylic acids is 1. The van der Waals surface area contributed by atoms with E-state index in [9.17, 15) is 15.0 Å². The van der Waals surface area contributed by atoms with Crippen molar-refractivity contribution in [3.63, 3.8) is 0 Å². The number of phenols is 2. The maximum atomic E-state index is 12.2. The second-order valence-electron chi connectivity index (χ2n) is 6.14. The molecule has 0 aromatic heterocycles. The highest BCUT2D eigenvalue weighted by molar-refractivity contribution is 5.69. The number of carbonyl (C=O) groups is 1. The molecule has 0 saturated carbocycles. The van der Waals surface area contributed by atoms with Crippen LogP contribution in [0, 0.1) is 0 Å². The zero-order valence-corrected chi connectivity index (χ0v) is 12.3. The Kier molecular flexibility index (Phi) is 3.54. The summed E-state index contributed by atoms with van der Waals surface area (Å²) < 4.78 is 5.39. The third-order valence-corrected chi connectivity index (χ3v) is 3.40. The lowest BCUT2D eigenvalue weighted by atomic mass is 9.93. The Hall–Kier alpha value is -1.91. The summed E-state index contributed by atoms with van der Waals surface area (Å²) in [4.78, 5) is 13.8. The van der Waals surface area contributed by atoms with E-state index in [0.29, 0.717) is 13.0 Å². The molecule has 0 radical (unpaired) electrons. The Bertz CT molecular complexity index is 533. The predicted octanol–water partition coefficient (Wildman–Crippen LogP) is 2.95. The summed E-state index contributed by atoms with van der Waals surface area (Å²) in [6.45, 7) is 7.91. The highest BCUT2D eigenvalue weighted by Crippen LogP contribution is 2.37. The second-order valence-corrected chi connectivity index (χ2v) is 6.14. The molecule has 1 aromatic carbocycles. The van der Waals surface area contributed by atoms with Gasteiger partial charge in [-0.3, -0.25) is 0 Å². The maximum Gasteiger partial charge on any atom is 0.410 e. The molecule has 1 aliphatic rings. The molecule has 1 atom stereocenters. The highest BCUT2D eigenvalue weighted by atomic mass is 16.6. The van der Waals surface area contributed by atoms with Gasteiger partial charge in [-0.2, -0.15) is 0 Å². The van der Waals surface area contributed by atoms with Gasteiger partial charge in [0.05, 0.1) is 6.04 Å². The first-order valence-corrected chi connectivity index (χ1v) is 6.73. The van der Waals surface area contributed by atoms with Crippen LogP contribution in [0.3, 0.4) is 0 Å². The zero-order chi connectivity index (χ0) is 15.1. The van der Waals surface area contributed by atoms with Crippen LogP contribution in [-0.2, 0) is 11.2 Å². The van der Waals surface area contributed by atoms with E-state index in [1.165, 1.54) is 6.07 Å². The molecule has 0 bridgehead atoms. The third-order valence-electron chi connectivity index (χ3n) is 3.40. The van der Waals surface area contributed by atoms with Gasteiger partial charge in [0.1, 0.15) is 5.60 Å². The highest BCUT2D eigenvalue weighted by Gasteiger charge is 2.31. The lowest BCUT2D eigenvalue weighted by Crippen LogP contribution is -2.42. The number of amides is 1. The minimum absolute atomic E-state index is 0.123. The Balaban J connectivity index is 2.25. The fraction of sp³-hybridized carbons (Fsp3) is 0.533. The summed E-state index contributed by atoms with van der Waals surface area (Å²) in [5, 5.41) is 19.2. The van der Waals surface area contributed by atoms with Gasteiger partial charge in [0, 0.05) is 6.54 Å². The summed E-state index contributed by atoms with van der Waals surface area (Å²) in [5.74, 6) is -0.289. The molecule has 0 spiro atoms. The quantitative estimate of drug-likeness (QED) is 0.716. The van der Waals surface area contributed by atoms with Crippen LogP contribution in [0.15, 0.2) is 12.1 Å². The van der Waals surface area contributed by atoms with Crippen LogP contribution in [-0.4, -0.2) is 33.4 Å². The van der Waals surface area contributed by atoms with Crippen molar-refractivity contribution in [2.75, 3.05) is 6.54 Å². The minimum atomic E-state index is -0.534. The first-order valence-electron chi connectivity index (χ1n) is 6.73. The molecule has 1 amide bonds. The summed E-state index contributed by atoms with van der Waals surface area (Å²) in [7, 11) is 0. The topological polar surface area (TPSA) is 70.0 Å². The number of hydrogen-bond acceptors (Lipinski definition) is 4. The molecular weight excluding hydrogens is 258 g/mol. The van der Waals surface area contributed by atoms with Crippen molar-refractivity contribution < 1.29 is 19.7 Å². The van der Waals surface area contributed by atoms with E-state index in [1.807, 2.05) is 27.7 Å². The van der Waals surface area contributed by atoms with Crippen molar-refractivity contribution in [3.05, 3.63) is 23.3 Å². The molecule has 110 valence electrons. The van der Waals surface area contributed by atoms with Crippen molar-refractivity contribution in [1.82, 2.24) is 4.90 Å². The van der Waals surface area contributed by atoms with Gasteiger partial charge in [0.15, 0.2) is 11.5 Å². The summed E-state index contributed by atoms with van der Waals surface area (Å²) in [5.41, 5.74) is 1.26. The van der Waals surface area contributed by atoms with Crippen molar-refractivity contribution in [2.24, 2.45) is 0 Å². The van der Waals surface area contributed by atoms with Crippen LogP contribution in [0.1, 0.15) is 44.9 Å². The Morgan fingerprint density at radius 3 is 2.50 bits per heavy atom. The molecule has 2 rings (SSSR count). The van der Waals surface area contributed by atoms with E-state index < -0.39 is 5.60 Å². The number of hydrogen-bond donors (Lipinski definition) is 2. The van der Waals surface area contributed by atoms with Gasteiger partial charge < -0.3 is 19.8 Å². The molecule has 1 aliphatic heterocycles. The van der Waals surface area contributed by atoms with Crippen LogP contribution in [0.2, 0.25) is 0 Å². The molecule has 1 aromatic rings. The van der Waals surface area contributed by atoms with Gasteiger partial charge in [-0.15, -0.1) is 0 Å². The first-order chi connectivity index (χ1) is 9.19. The average molecular weight is 279 g/mol. The van der Waals surface area contributed by atoms with Crippen LogP contribution >= 0.6 is 0 Å². The van der Waals surface area contributed by atoms with E-state index >= 15 is 0 Å². The van der Waals surface area contributed by atoms with E-state index in [-0.39, 0.29) is 23.6 Å². The minimum Gasteiger partial charge on any atom is -0.504 e. The lowest BCUT2D eigenvalue weighted by molar-refractivity contribution is 0.0159. The fourth-order valence-electron chi connectivity index (χ4n) is 2.41. The van der Waals surface area contributed by atoms with Gasteiger partial charge in [-0.1, -0.05) is 0 Å². The fourth-order valence-corrected chi connectivity index (χ4v) is 2.41. The summed E-state index contributed by atoms with van der Waals surface area (Å²) in [6, 6.07) is 2.89. The Morgan fingerprint density at radius 2 is 1.90 bits per heavy atom. The number of ether oxygens (including phenoxy) is 1. The predicted molar refractivity (Wildman–Crippen MR) is 74.8 cm³/mol. The Morgan fingerprint density at radius 1 is 1.30 bits per heavy atom. The maximum absolute atomic E-state index is 12.2. The van der Waals surface area contributed by atoms with E-state index in [1.54, 1.807) is 11.0 Å². The number of rotatable bonds is 0. The number of nitrogens with zero attached hydrogens (tertiary/aromatic N) is 1. The van der Waals surface area contributed by atoms with Crippen LogP contribution < -0.4 is 0 Å². The van der Waals surface area contributed by atoms with Gasteiger partial charge in [-0.05, 0) is 57.4 Å². The number of benzene rings is 1. The van der Waals surface area contributed by atoms with Crippen molar-refractivity contribution in [1.29, 1.82) is 0 Å². The SMILES string of the molecule is CC1c2cc(O)c(O)cc2CCN1C(=O)OC(C)(C)C. The zero-order valence-electron chi connectivity index (χ0n) is 12.3. The van der Waals surface area contributed by atoms with E-state index in [2.05, 4.69) is 0 Å². The molecule has 5 heteroatoms. The van der Waals surface area contributed by atoms with Crippen molar-refractivity contribution >= 4 is 6.09 Å². The van der Waals surface area contributed by atoms with E-state index in [4.69, 9.17) is 4.74 Å². The molecular formula is C15H21NO4. The molecule has 0 fully saturated rings. The molecule has 5 nitrogen and oxygen atoms in total. The van der Waals surface area contributed by atoms with Crippen LogP contribution in [0.25, 0.3) is 0 Å². The Labute approximate surface area is 118 Å². The normalized spacial score (nSPS) is 18.6. The second kappa shape index (κ2) is 4.89. The van der Waals surface area contributed by atoms with Gasteiger partial charge in [-0.25, -0.2) is 4.79 Å². The average Bonchev–Trinajstić information content (AvgIpc) is 2.30. The summed E-state index contributed by atoms with van der Waals surface area (Å²) >= 11 is 0. The van der Waals surface area contributed by atoms with E-state index in [0.717, 1.165) is 11.1 Å². The van der Waals surface area contributed by atoms with Gasteiger partial charge >= 0.3 is 6.09 Å². The molecule has 2 N–H and O–H groups in total. The van der Waals surface area contributed by atoms with Crippen molar-refractivity contribution in [2.45, 2.75) is 45.8 Å². The number of phenolic OH excluding ortho intramolecular Hbond substituents is 2. The van der Waals surface area contributed by atoms with Crippen molar-refractivity contribution in [3.8, 4) is 11.5 Å². The third kappa shape index (κ3) is 2.81. The van der Waals surface area contributed by atoms with Crippen LogP contribution in [0.5, 0.6) is 11.5 Å². The summed E-state index contributed by atoms with van der Waals surface area (Å²) in [6.07, 6.45) is 0.274. The first kappa shape index (κ1) is 14.5. The van der Waals surface area contributed by atoms with Gasteiger partial charge in [0.2, 0.25) is 0 Å². The monoisotopic (exact) mass is 279 g/mol. The lowest BCUT2D eigenvalue weighted by Gasteiger charge is -2.36. The van der Waals surface area contributed by atoms with Gasteiger partial charge in [0.25, 0.3) is 0 Å². The largest absolute Gasteiger partial charge is 0.504 e. The number of fused-ring (bicyclic) bond motifs is 1. The molecule has 0 saturated heterocycles. The number of aromatic hydroxyl groups is 2. The molecule has 20 heavy (non-hydrogen) atoms. The molecule has 1 unspecified atom stereocenters. The molecule has 0 aliphatic carbocycles. The smallest absolute Gasteiger partial charge is 0.410 e. The van der Waals surface area contributed by atoms with Crippen LogP contribution in [0.4, 0.5) is 4.79 Å².